The smallest absolute Gasteiger partial charge is 0.330 e. The van der Waals surface area contributed by atoms with Crippen molar-refractivity contribution in [3.05, 3.63) is 68.7 Å². The van der Waals surface area contributed by atoms with Crippen molar-refractivity contribution in [2.75, 3.05) is 31.1 Å². The zero-order valence-electron chi connectivity index (χ0n) is 16.2. The van der Waals surface area contributed by atoms with E-state index < -0.39 is 11.2 Å². The Morgan fingerprint density at radius 3 is 2.53 bits per heavy atom. The van der Waals surface area contributed by atoms with Crippen LogP contribution in [0.15, 0.2) is 46.1 Å². The first kappa shape index (κ1) is 18.5. The van der Waals surface area contributed by atoms with Crippen molar-refractivity contribution in [1.29, 1.82) is 0 Å². The molecule has 5 rings (SSSR count). The Morgan fingerprint density at radius 1 is 1.10 bits per heavy atom. The van der Waals surface area contributed by atoms with Crippen LogP contribution in [0.5, 0.6) is 0 Å². The van der Waals surface area contributed by atoms with Crippen molar-refractivity contribution in [3.63, 3.8) is 0 Å². The van der Waals surface area contributed by atoms with Gasteiger partial charge in [0, 0.05) is 38.4 Å². The molecule has 9 heteroatoms. The number of carbonyl (C=O) groups excluding carboxylic acids is 1. The zero-order valence-corrected chi connectivity index (χ0v) is 16.2. The van der Waals surface area contributed by atoms with E-state index in [2.05, 4.69) is 9.97 Å². The normalized spacial score (nSPS) is 16.8. The number of rotatable bonds is 3. The molecule has 154 valence electrons. The summed E-state index contributed by atoms with van der Waals surface area (Å²) in [4.78, 5) is 47.6. The number of anilines is 1. The number of nitrogens with one attached hydrogen (secondary N) is 1. The summed E-state index contributed by atoms with van der Waals surface area (Å²) >= 11 is 0. The van der Waals surface area contributed by atoms with Gasteiger partial charge in [0.25, 0.3) is 11.5 Å². The van der Waals surface area contributed by atoms with E-state index in [1.165, 1.54) is 22.9 Å². The Balaban J connectivity index is 1.39. The fourth-order valence-corrected chi connectivity index (χ4v) is 3.97. The summed E-state index contributed by atoms with van der Waals surface area (Å²) in [6.45, 7) is 1.89. The molecular formula is C21H20FN5O3. The topological polar surface area (TPSA) is 91.3 Å². The van der Waals surface area contributed by atoms with Crippen LogP contribution in [0.1, 0.15) is 29.2 Å². The quantitative estimate of drug-likeness (QED) is 0.708. The van der Waals surface area contributed by atoms with Gasteiger partial charge < -0.3 is 9.80 Å². The summed E-state index contributed by atoms with van der Waals surface area (Å²) in [6, 6.07) is 8.14. The molecule has 2 fully saturated rings. The number of hydrogen-bond acceptors (Lipinski definition) is 5. The maximum absolute atomic E-state index is 14.0. The summed E-state index contributed by atoms with van der Waals surface area (Å²) in [7, 11) is 0. The Kier molecular flexibility index (Phi) is 4.38. The van der Waals surface area contributed by atoms with E-state index in [0.717, 1.165) is 12.8 Å². The van der Waals surface area contributed by atoms with Crippen molar-refractivity contribution in [2.24, 2.45) is 0 Å². The van der Waals surface area contributed by atoms with E-state index in [0.29, 0.717) is 43.1 Å². The summed E-state index contributed by atoms with van der Waals surface area (Å²) < 4.78 is 15.5. The second kappa shape index (κ2) is 7.08. The molecule has 0 bridgehead atoms. The maximum atomic E-state index is 14.0. The van der Waals surface area contributed by atoms with Crippen LogP contribution in [0.4, 0.5) is 10.1 Å². The zero-order chi connectivity index (χ0) is 20.8. The highest BCUT2D eigenvalue weighted by Gasteiger charge is 2.29. The van der Waals surface area contributed by atoms with Gasteiger partial charge in [-0.15, -0.1) is 0 Å². The number of fused-ring (bicyclic) bond motifs is 1. The van der Waals surface area contributed by atoms with Crippen LogP contribution < -0.4 is 16.1 Å². The van der Waals surface area contributed by atoms with E-state index in [1.807, 2.05) is 4.90 Å². The first-order valence-electron chi connectivity index (χ1n) is 9.96. The van der Waals surface area contributed by atoms with Crippen molar-refractivity contribution < 1.29 is 9.18 Å². The van der Waals surface area contributed by atoms with Gasteiger partial charge in [0.05, 0.1) is 16.6 Å². The van der Waals surface area contributed by atoms with Crippen molar-refractivity contribution in [1.82, 2.24) is 19.4 Å². The van der Waals surface area contributed by atoms with Crippen LogP contribution in [0.25, 0.3) is 11.0 Å². The van der Waals surface area contributed by atoms with E-state index in [9.17, 15) is 18.8 Å². The SMILES string of the molecule is O=C(c1cnc2c(c1)c(=O)[nH]c(=O)n2C1CC1)N1CCN(c2ccccc2F)CC1. The summed E-state index contributed by atoms with van der Waals surface area (Å²) in [6.07, 6.45) is 3.16. The predicted molar refractivity (Wildman–Crippen MR) is 109 cm³/mol. The first-order valence-corrected chi connectivity index (χ1v) is 9.96. The molecule has 0 unspecified atom stereocenters. The van der Waals surface area contributed by atoms with Crippen LogP contribution in [0, 0.1) is 5.82 Å². The molecule has 1 aliphatic carbocycles. The van der Waals surface area contributed by atoms with Crippen LogP contribution >= 0.6 is 0 Å². The molecule has 2 aromatic heterocycles. The number of halogens is 1. The lowest BCUT2D eigenvalue weighted by atomic mass is 10.1. The van der Waals surface area contributed by atoms with Crippen molar-refractivity contribution >= 4 is 22.6 Å². The summed E-state index contributed by atoms with van der Waals surface area (Å²) in [5, 5.41) is 0.234. The molecule has 2 aliphatic rings. The number of piperazine rings is 1. The number of pyridine rings is 1. The molecule has 0 radical (unpaired) electrons. The number of carbonyl (C=O) groups is 1. The Morgan fingerprint density at radius 2 is 1.83 bits per heavy atom. The number of benzene rings is 1. The molecule has 1 amide bonds. The fourth-order valence-electron chi connectivity index (χ4n) is 3.97. The highest BCUT2D eigenvalue weighted by Crippen LogP contribution is 2.34. The molecule has 3 aromatic rings. The molecule has 30 heavy (non-hydrogen) atoms. The van der Waals surface area contributed by atoms with Gasteiger partial charge in [0.15, 0.2) is 0 Å². The molecule has 1 aromatic carbocycles. The third-order valence-corrected chi connectivity index (χ3v) is 5.70. The minimum absolute atomic E-state index is 0.0531. The highest BCUT2D eigenvalue weighted by atomic mass is 19.1. The van der Waals surface area contributed by atoms with Gasteiger partial charge in [-0.3, -0.25) is 19.1 Å². The molecule has 0 atom stereocenters. The Bertz CT molecular complexity index is 1260. The lowest BCUT2D eigenvalue weighted by Gasteiger charge is -2.36. The van der Waals surface area contributed by atoms with Gasteiger partial charge in [-0.25, -0.2) is 14.2 Å². The van der Waals surface area contributed by atoms with Crippen LogP contribution in [0.2, 0.25) is 0 Å². The van der Waals surface area contributed by atoms with Gasteiger partial charge in [-0.1, -0.05) is 12.1 Å². The lowest BCUT2D eigenvalue weighted by molar-refractivity contribution is 0.0746. The largest absolute Gasteiger partial charge is 0.366 e. The molecule has 1 saturated carbocycles. The minimum Gasteiger partial charge on any atom is -0.366 e. The lowest BCUT2D eigenvalue weighted by Crippen LogP contribution is -2.49. The third kappa shape index (κ3) is 3.16. The first-order chi connectivity index (χ1) is 14.5. The molecule has 1 aliphatic heterocycles. The predicted octanol–water partition coefficient (Wildman–Crippen LogP) is 1.52. The molecule has 0 spiro atoms. The average molecular weight is 409 g/mol. The maximum Gasteiger partial charge on any atom is 0.330 e. The van der Waals surface area contributed by atoms with Gasteiger partial charge in [-0.2, -0.15) is 0 Å². The summed E-state index contributed by atoms with van der Waals surface area (Å²) in [5.41, 5.74) is 0.131. The van der Waals surface area contributed by atoms with Crippen molar-refractivity contribution in [2.45, 2.75) is 18.9 Å². The number of amides is 1. The number of aromatic amines is 1. The number of nitrogens with zero attached hydrogens (tertiary/aromatic N) is 4. The average Bonchev–Trinajstić information content (AvgIpc) is 3.59. The van der Waals surface area contributed by atoms with E-state index in [1.54, 1.807) is 23.1 Å². The molecular weight excluding hydrogens is 389 g/mol. The summed E-state index contributed by atoms with van der Waals surface area (Å²) in [5.74, 6) is -0.516. The number of hydrogen-bond donors (Lipinski definition) is 1. The van der Waals surface area contributed by atoms with Gasteiger partial charge in [-0.05, 0) is 31.0 Å². The Hall–Kier alpha value is -3.49. The highest BCUT2D eigenvalue weighted by molar-refractivity contribution is 5.96. The van der Waals surface area contributed by atoms with E-state index in [4.69, 9.17) is 0 Å². The standard InChI is InChI=1S/C21H20FN5O3/c22-16-3-1-2-4-17(16)25-7-9-26(10-8-25)20(29)13-11-15-18(23-12-13)27(14-5-6-14)21(30)24-19(15)28/h1-4,11-12,14H,5-10H2,(H,24,28,30). The van der Waals surface area contributed by atoms with E-state index >= 15 is 0 Å². The fraction of sp³-hybridized carbons (Fsp3) is 0.333. The van der Waals surface area contributed by atoms with Crippen molar-refractivity contribution in [3.8, 4) is 0 Å². The van der Waals surface area contributed by atoms with Crippen LogP contribution in [-0.2, 0) is 0 Å². The van der Waals surface area contributed by atoms with Gasteiger partial charge in [0.1, 0.15) is 11.5 Å². The molecule has 3 heterocycles. The molecule has 8 nitrogen and oxygen atoms in total. The molecule has 1 saturated heterocycles. The van der Waals surface area contributed by atoms with Gasteiger partial charge in [0.2, 0.25) is 0 Å². The number of para-hydroxylation sites is 1. The number of aromatic nitrogens is 3. The van der Waals surface area contributed by atoms with Crippen LogP contribution in [0.3, 0.4) is 0 Å². The van der Waals surface area contributed by atoms with Gasteiger partial charge >= 0.3 is 5.69 Å². The Labute approximate surface area is 170 Å². The van der Waals surface area contributed by atoms with E-state index in [-0.39, 0.29) is 23.2 Å². The molecule has 1 N–H and O–H groups in total. The second-order valence-corrected chi connectivity index (χ2v) is 7.69. The second-order valence-electron chi connectivity index (χ2n) is 7.69. The van der Waals surface area contributed by atoms with Crippen LogP contribution in [-0.4, -0.2) is 51.5 Å². The number of H-pyrrole nitrogens is 1. The minimum atomic E-state index is -0.543. The third-order valence-electron chi connectivity index (χ3n) is 5.70. The monoisotopic (exact) mass is 409 g/mol.